The molecule has 15 heavy (non-hydrogen) atoms. The second kappa shape index (κ2) is 4.37. The molecule has 1 aliphatic rings. The minimum Gasteiger partial charge on any atom is -0.465 e. The molecule has 3 nitrogen and oxygen atoms in total. The van der Waals surface area contributed by atoms with Gasteiger partial charge in [-0.05, 0) is 32.9 Å². The van der Waals surface area contributed by atoms with Crippen molar-refractivity contribution in [2.75, 3.05) is 19.6 Å². The number of piperazine rings is 1. The fourth-order valence-electron chi connectivity index (χ4n) is 2.27. The van der Waals surface area contributed by atoms with Crippen LogP contribution in [0.25, 0.3) is 0 Å². The summed E-state index contributed by atoms with van der Waals surface area (Å²) in [5.41, 5.74) is 0. The molecule has 1 saturated heterocycles. The van der Waals surface area contributed by atoms with Gasteiger partial charge < -0.3 is 9.73 Å². The first-order valence-electron chi connectivity index (χ1n) is 5.71. The molecule has 1 fully saturated rings. The number of nitrogens with zero attached hydrogens (tertiary/aromatic N) is 1. The molecule has 0 aliphatic carbocycles. The van der Waals surface area contributed by atoms with Gasteiger partial charge >= 0.3 is 0 Å². The molecule has 2 rings (SSSR count). The first-order chi connectivity index (χ1) is 7.18. The fourth-order valence-corrected chi connectivity index (χ4v) is 2.27. The monoisotopic (exact) mass is 208 g/mol. The largest absolute Gasteiger partial charge is 0.465 e. The number of hydrogen-bond acceptors (Lipinski definition) is 3. The van der Waals surface area contributed by atoms with Crippen LogP contribution in [0, 0.1) is 6.92 Å². The van der Waals surface area contributed by atoms with E-state index in [1.54, 1.807) is 0 Å². The van der Waals surface area contributed by atoms with Gasteiger partial charge in [0.2, 0.25) is 0 Å². The molecular formula is C12H20N2O. The van der Waals surface area contributed by atoms with Gasteiger partial charge in [0.1, 0.15) is 11.5 Å². The van der Waals surface area contributed by atoms with Crippen molar-refractivity contribution in [3.8, 4) is 0 Å². The topological polar surface area (TPSA) is 28.4 Å². The van der Waals surface area contributed by atoms with Crippen molar-refractivity contribution < 1.29 is 4.42 Å². The normalized spacial score (nSPS) is 25.4. The summed E-state index contributed by atoms with van der Waals surface area (Å²) in [5, 5.41) is 3.40. The Morgan fingerprint density at radius 2 is 2.33 bits per heavy atom. The number of nitrogens with one attached hydrogen (secondary N) is 1. The Morgan fingerprint density at radius 1 is 1.53 bits per heavy atom. The lowest BCUT2D eigenvalue weighted by atomic mass is 10.1. The Bertz CT molecular complexity index is 321. The zero-order valence-electron chi connectivity index (χ0n) is 9.79. The lowest BCUT2D eigenvalue weighted by Gasteiger charge is -2.37. The van der Waals surface area contributed by atoms with E-state index in [-0.39, 0.29) is 0 Å². The van der Waals surface area contributed by atoms with Gasteiger partial charge in [-0.15, -0.1) is 0 Å². The van der Waals surface area contributed by atoms with Crippen LogP contribution in [0.5, 0.6) is 0 Å². The highest BCUT2D eigenvalue weighted by molar-refractivity contribution is 5.09. The lowest BCUT2D eigenvalue weighted by Crippen LogP contribution is -2.50. The number of aryl methyl sites for hydroxylation is 1. The number of furan rings is 1. The molecule has 3 heteroatoms. The number of rotatable bonds is 2. The smallest absolute Gasteiger partial charge is 0.121 e. The summed E-state index contributed by atoms with van der Waals surface area (Å²) >= 11 is 0. The van der Waals surface area contributed by atoms with E-state index in [1.165, 1.54) is 0 Å². The third-order valence-corrected chi connectivity index (χ3v) is 3.22. The quantitative estimate of drug-likeness (QED) is 0.805. The molecule has 1 aliphatic heterocycles. The molecule has 2 heterocycles. The molecule has 1 aromatic heterocycles. The molecule has 1 N–H and O–H groups in total. The maximum absolute atomic E-state index is 5.68. The van der Waals surface area contributed by atoms with E-state index in [9.17, 15) is 0 Å². The van der Waals surface area contributed by atoms with E-state index in [4.69, 9.17) is 4.42 Å². The van der Waals surface area contributed by atoms with Crippen LogP contribution in [-0.4, -0.2) is 30.6 Å². The van der Waals surface area contributed by atoms with Crippen LogP contribution in [-0.2, 0) is 0 Å². The van der Waals surface area contributed by atoms with Crippen molar-refractivity contribution in [1.82, 2.24) is 10.2 Å². The Kier molecular flexibility index (Phi) is 3.12. The van der Waals surface area contributed by atoms with Gasteiger partial charge in [0.15, 0.2) is 0 Å². The van der Waals surface area contributed by atoms with Crippen molar-refractivity contribution in [2.45, 2.75) is 32.9 Å². The zero-order valence-corrected chi connectivity index (χ0v) is 9.79. The van der Waals surface area contributed by atoms with Crippen LogP contribution < -0.4 is 5.32 Å². The maximum Gasteiger partial charge on any atom is 0.121 e. The van der Waals surface area contributed by atoms with Crippen LogP contribution in [0.15, 0.2) is 16.5 Å². The first-order valence-corrected chi connectivity index (χ1v) is 5.71. The second-order valence-corrected chi connectivity index (χ2v) is 4.42. The van der Waals surface area contributed by atoms with E-state index in [0.717, 1.165) is 31.2 Å². The highest BCUT2D eigenvalue weighted by Crippen LogP contribution is 2.24. The molecular weight excluding hydrogens is 188 g/mol. The molecule has 0 radical (unpaired) electrons. The molecule has 1 aromatic rings. The van der Waals surface area contributed by atoms with Gasteiger partial charge in [-0.3, -0.25) is 4.90 Å². The summed E-state index contributed by atoms with van der Waals surface area (Å²) in [6, 6.07) is 5.10. The Hall–Kier alpha value is -0.800. The van der Waals surface area contributed by atoms with Crippen molar-refractivity contribution in [3.63, 3.8) is 0 Å². The Morgan fingerprint density at radius 3 is 2.93 bits per heavy atom. The van der Waals surface area contributed by atoms with E-state index in [2.05, 4.69) is 30.1 Å². The van der Waals surface area contributed by atoms with Crippen LogP contribution >= 0.6 is 0 Å². The molecule has 0 saturated carbocycles. The van der Waals surface area contributed by atoms with E-state index in [0.29, 0.717) is 12.1 Å². The standard InChI is InChI=1S/C12H20N2O/c1-9-8-13-6-7-14(9)11(3)12-5-4-10(2)15-12/h4-5,9,11,13H,6-8H2,1-3H3. The predicted molar refractivity (Wildman–Crippen MR) is 60.9 cm³/mol. The van der Waals surface area contributed by atoms with Crippen molar-refractivity contribution in [2.24, 2.45) is 0 Å². The summed E-state index contributed by atoms with van der Waals surface area (Å²) in [7, 11) is 0. The van der Waals surface area contributed by atoms with Gasteiger partial charge in [0.25, 0.3) is 0 Å². The van der Waals surface area contributed by atoms with Gasteiger partial charge in [-0.25, -0.2) is 0 Å². The van der Waals surface area contributed by atoms with Crippen molar-refractivity contribution in [3.05, 3.63) is 23.7 Å². The maximum atomic E-state index is 5.68. The highest BCUT2D eigenvalue weighted by atomic mass is 16.3. The third-order valence-electron chi connectivity index (χ3n) is 3.22. The molecule has 2 atom stereocenters. The molecule has 0 aromatic carbocycles. The average Bonchev–Trinajstić information content (AvgIpc) is 2.65. The molecule has 2 unspecified atom stereocenters. The minimum absolute atomic E-state index is 0.385. The van der Waals surface area contributed by atoms with Gasteiger partial charge in [0.05, 0.1) is 6.04 Å². The summed E-state index contributed by atoms with van der Waals surface area (Å²) in [4.78, 5) is 2.49. The average molecular weight is 208 g/mol. The second-order valence-electron chi connectivity index (χ2n) is 4.42. The van der Waals surface area contributed by atoms with Crippen LogP contribution in [0.4, 0.5) is 0 Å². The number of hydrogen-bond donors (Lipinski definition) is 1. The highest BCUT2D eigenvalue weighted by Gasteiger charge is 2.25. The van der Waals surface area contributed by atoms with Crippen LogP contribution in [0.1, 0.15) is 31.4 Å². The van der Waals surface area contributed by atoms with Gasteiger partial charge in [-0.2, -0.15) is 0 Å². The molecule has 0 amide bonds. The van der Waals surface area contributed by atoms with Crippen molar-refractivity contribution >= 4 is 0 Å². The summed E-state index contributed by atoms with van der Waals surface area (Å²) in [6.07, 6.45) is 0. The van der Waals surface area contributed by atoms with Gasteiger partial charge in [0, 0.05) is 25.7 Å². The minimum atomic E-state index is 0.385. The van der Waals surface area contributed by atoms with E-state index >= 15 is 0 Å². The molecule has 84 valence electrons. The predicted octanol–water partition coefficient (Wildman–Crippen LogP) is 1.94. The van der Waals surface area contributed by atoms with Crippen LogP contribution in [0.3, 0.4) is 0 Å². The first kappa shape index (κ1) is 10.7. The van der Waals surface area contributed by atoms with Crippen LogP contribution in [0.2, 0.25) is 0 Å². The van der Waals surface area contributed by atoms with E-state index < -0.39 is 0 Å². The zero-order chi connectivity index (χ0) is 10.8. The fraction of sp³-hybridized carbons (Fsp3) is 0.667. The lowest BCUT2D eigenvalue weighted by molar-refractivity contribution is 0.112. The molecule has 0 bridgehead atoms. The third kappa shape index (κ3) is 2.24. The Balaban J connectivity index is 2.09. The summed E-state index contributed by atoms with van der Waals surface area (Å²) in [6.45, 7) is 9.73. The summed E-state index contributed by atoms with van der Waals surface area (Å²) in [5.74, 6) is 2.08. The van der Waals surface area contributed by atoms with Crippen molar-refractivity contribution in [1.29, 1.82) is 0 Å². The molecule has 0 spiro atoms. The Labute approximate surface area is 91.4 Å². The van der Waals surface area contributed by atoms with E-state index in [1.807, 2.05) is 13.0 Å². The van der Waals surface area contributed by atoms with Gasteiger partial charge in [-0.1, -0.05) is 0 Å². The summed E-state index contributed by atoms with van der Waals surface area (Å²) < 4.78 is 5.68. The SMILES string of the molecule is Cc1ccc(C(C)N2CCNCC2C)o1.